The molecule has 19 heavy (non-hydrogen) atoms. The van der Waals surface area contributed by atoms with E-state index in [-0.39, 0.29) is 5.82 Å². The predicted molar refractivity (Wildman–Crippen MR) is 78.3 cm³/mol. The number of halogens is 2. The van der Waals surface area contributed by atoms with Crippen molar-refractivity contribution in [2.24, 2.45) is 0 Å². The van der Waals surface area contributed by atoms with E-state index in [9.17, 15) is 4.39 Å². The average Bonchev–Trinajstić information content (AvgIpc) is 2.37. The highest BCUT2D eigenvalue weighted by atomic mass is 79.9. The van der Waals surface area contributed by atoms with Crippen LogP contribution in [0.15, 0.2) is 29.0 Å². The van der Waals surface area contributed by atoms with Gasteiger partial charge in [0.2, 0.25) is 0 Å². The predicted octanol–water partition coefficient (Wildman–Crippen LogP) is 3.86. The summed E-state index contributed by atoms with van der Waals surface area (Å²) >= 11 is 3.32. The highest BCUT2D eigenvalue weighted by Gasteiger charge is 2.08. The third kappa shape index (κ3) is 3.20. The van der Waals surface area contributed by atoms with Crippen LogP contribution in [0, 0.1) is 12.7 Å². The first-order chi connectivity index (χ1) is 9.11. The lowest BCUT2D eigenvalue weighted by Gasteiger charge is -2.13. The molecule has 0 unspecified atom stereocenters. The van der Waals surface area contributed by atoms with Crippen LogP contribution in [0.5, 0.6) is 0 Å². The molecule has 2 aromatic rings. The molecule has 2 rings (SSSR count). The van der Waals surface area contributed by atoms with E-state index in [1.807, 2.05) is 13.8 Å². The van der Waals surface area contributed by atoms with Crippen molar-refractivity contribution in [3.05, 3.63) is 40.4 Å². The smallest absolute Gasteiger partial charge is 0.138 e. The fraction of sp³-hybridized carbons (Fsp3) is 0.231. The highest BCUT2D eigenvalue weighted by molar-refractivity contribution is 9.10. The second kappa shape index (κ2) is 5.97. The van der Waals surface area contributed by atoms with E-state index < -0.39 is 0 Å². The maximum absolute atomic E-state index is 13.0. The first kappa shape index (κ1) is 13.7. The Morgan fingerprint density at radius 3 is 2.68 bits per heavy atom. The minimum Gasteiger partial charge on any atom is -0.370 e. The fourth-order valence-corrected chi connectivity index (χ4v) is 2.09. The van der Waals surface area contributed by atoms with Crippen molar-refractivity contribution < 1.29 is 4.39 Å². The molecule has 4 nitrogen and oxygen atoms in total. The molecule has 0 atom stereocenters. The molecule has 1 heterocycles. The quantitative estimate of drug-likeness (QED) is 0.896. The number of rotatable bonds is 4. The maximum atomic E-state index is 13.0. The van der Waals surface area contributed by atoms with Crippen LogP contribution in [0.4, 0.5) is 21.7 Å². The minimum absolute atomic E-state index is 0.287. The van der Waals surface area contributed by atoms with Crippen molar-refractivity contribution in [3.63, 3.8) is 0 Å². The topological polar surface area (TPSA) is 49.8 Å². The van der Waals surface area contributed by atoms with Crippen LogP contribution in [0.2, 0.25) is 0 Å². The van der Waals surface area contributed by atoms with Crippen LogP contribution >= 0.6 is 15.9 Å². The molecule has 0 radical (unpaired) electrons. The zero-order valence-corrected chi connectivity index (χ0v) is 12.3. The van der Waals surface area contributed by atoms with E-state index in [2.05, 4.69) is 36.5 Å². The fourth-order valence-electron chi connectivity index (χ4n) is 1.64. The Morgan fingerprint density at radius 2 is 2.00 bits per heavy atom. The zero-order valence-electron chi connectivity index (χ0n) is 10.7. The molecule has 1 aromatic carbocycles. The van der Waals surface area contributed by atoms with Crippen molar-refractivity contribution in [1.29, 1.82) is 0 Å². The van der Waals surface area contributed by atoms with Crippen LogP contribution < -0.4 is 10.6 Å². The summed E-state index contributed by atoms with van der Waals surface area (Å²) in [6.45, 7) is 4.72. The normalized spacial score (nSPS) is 10.3. The molecule has 0 aliphatic carbocycles. The molecule has 0 saturated carbocycles. The van der Waals surface area contributed by atoms with Gasteiger partial charge in [0.1, 0.15) is 23.8 Å². The monoisotopic (exact) mass is 324 g/mol. The first-order valence-corrected chi connectivity index (χ1v) is 6.68. The average molecular weight is 325 g/mol. The van der Waals surface area contributed by atoms with E-state index in [4.69, 9.17) is 0 Å². The number of anilines is 3. The van der Waals surface area contributed by atoms with Gasteiger partial charge in [0.05, 0.1) is 5.69 Å². The largest absolute Gasteiger partial charge is 0.370 e. The number of nitrogens with zero attached hydrogens (tertiary/aromatic N) is 2. The number of nitrogens with one attached hydrogen (secondary N) is 2. The molecule has 0 bridgehead atoms. The number of hydrogen-bond acceptors (Lipinski definition) is 4. The molecule has 0 aliphatic heterocycles. The van der Waals surface area contributed by atoms with E-state index in [0.717, 1.165) is 23.6 Å². The molecule has 0 saturated heterocycles. The van der Waals surface area contributed by atoms with Gasteiger partial charge in [0, 0.05) is 16.6 Å². The van der Waals surface area contributed by atoms with Crippen molar-refractivity contribution in [3.8, 4) is 0 Å². The molecule has 1 aromatic heterocycles. The van der Waals surface area contributed by atoms with Crippen molar-refractivity contribution in [1.82, 2.24) is 9.97 Å². The third-order valence-electron chi connectivity index (χ3n) is 2.61. The Morgan fingerprint density at radius 1 is 1.26 bits per heavy atom. The maximum Gasteiger partial charge on any atom is 0.138 e. The van der Waals surface area contributed by atoms with Crippen LogP contribution in [-0.2, 0) is 0 Å². The van der Waals surface area contributed by atoms with Crippen LogP contribution in [-0.4, -0.2) is 16.5 Å². The van der Waals surface area contributed by atoms with Crippen molar-refractivity contribution in [2.45, 2.75) is 13.8 Å². The van der Waals surface area contributed by atoms with Gasteiger partial charge in [0.25, 0.3) is 0 Å². The summed E-state index contributed by atoms with van der Waals surface area (Å²) in [6.07, 6.45) is 1.49. The van der Waals surface area contributed by atoms with E-state index in [1.54, 1.807) is 6.07 Å². The second-order valence-corrected chi connectivity index (χ2v) is 4.83. The second-order valence-electron chi connectivity index (χ2n) is 3.98. The minimum atomic E-state index is -0.287. The number of aromatic nitrogens is 2. The summed E-state index contributed by atoms with van der Waals surface area (Å²) in [5.41, 5.74) is 1.67. The summed E-state index contributed by atoms with van der Waals surface area (Å²) in [4.78, 5) is 8.38. The summed E-state index contributed by atoms with van der Waals surface area (Å²) in [7, 11) is 0. The Kier molecular flexibility index (Phi) is 4.31. The molecular weight excluding hydrogens is 311 g/mol. The van der Waals surface area contributed by atoms with E-state index in [0.29, 0.717) is 10.3 Å². The van der Waals surface area contributed by atoms with Gasteiger partial charge in [-0.15, -0.1) is 0 Å². The Labute approximate surface area is 119 Å². The zero-order chi connectivity index (χ0) is 13.8. The molecule has 2 N–H and O–H groups in total. The van der Waals surface area contributed by atoms with Gasteiger partial charge in [-0.05, 0) is 48.0 Å². The summed E-state index contributed by atoms with van der Waals surface area (Å²) < 4.78 is 13.7. The van der Waals surface area contributed by atoms with Gasteiger partial charge in [-0.25, -0.2) is 14.4 Å². The summed E-state index contributed by atoms with van der Waals surface area (Å²) in [5.74, 6) is 1.20. The lowest BCUT2D eigenvalue weighted by molar-refractivity contribution is 0.627. The van der Waals surface area contributed by atoms with Gasteiger partial charge < -0.3 is 10.6 Å². The first-order valence-electron chi connectivity index (χ1n) is 5.89. The van der Waals surface area contributed by atoms with Gasteiger partial charge in [0.15, 0.2) is 0 Å². The van der Waals surface area contributed by atoms with Crippen molar-refractivity contribution in [2.75, 3.05) is 17.2 Å². The molecule has 0 fully saturated rings. The number of hydrogen-bond donors (Lipinski definition) is 2. The molecule has 0 spiro atoms. The lowest BCUT2D eigenvalue weighted by atomic mass is 10.2. The van der Waals surface area contributed by atoms with Crippen LogP contribution in [0.3, 0.4) is 0 Å². The number of benzene rings is 1. The molecular formula is C13H14BrFN4. The molecule has 0 aliphatic rings. The van der Waals surface area contributed by atoms with Crippen LogP contribution in [0.1, 0.15) is 12.5 Å². The Bertz CT molecular complexity index is 589. The lowest BCUT2D eigenvalue weighted by Crippen LogP contribution is -2.05. The summed E-state index contributed by atoms with van der Waals surface area (Å²) in [5, 5.41) is 6.32. The van der Waals surface area contributed by atoms with E-state index >= 15 is 0 Å². The summed E-state index contributed by atoms with van der Waals surface area (Å²) in [6, 6.07) is 4.47. The SMILES string of the molecule is CCNc1ncnc(Nc2ccc(F)cc2Br)c1C. The van der Waals surface area contributed by atoms with Gasteiger partial charge in [-0.3, -0.25) is 0 Å². The molecule has 100 valence electrons. The highest BCUT2D eigenvalue weighted by Crippen LogP contribution is 2.28. The third-order valence-corrected chi connectivity index (χ3v) is 3.27. The van der Waals surface area contributed by atoms with Gasteiger partial charge in [-0.2, -0.15) is 0 Å². The Balaban J connectivity index is 2.30. The van der Waals surface area contributed by atoms with Gasteiger partial charge >= 0.3 is 0 Å². The van der Waals surface area contributed by atoms with Crippen molar-refractivity contribution >= 4 is 33.3 Å². The molecule has 6 heteroatoms. The standard InChI is InChI=1S/C13H14BrFN4/c1-3-16-12-8(2)13(18-7-17-12)19-11-5-4-9(15)6-10(11)14/h4-7H,3H2,1-2H3,(H2,16,17,18,19). The van der Waals surface area contributed by atoms with Gasteiger partial charge in [-0.1, -0.05) is 0 Å². The Hall–Kier alpha value is -1.69. The molecule has 0 amide bonds. The van der Waals surface area contributed by atoms with E-state index in [1.165, 1.54) is 18.5 Å². The van der Waals surface area contributed by atoms with Crippen LogP contribution in [0.25, 0.3) is 0 Å².